The first-order valence-corrected chi connectivity index (χ1v) is 9.73. The number of amides is 2. The molecule has 0 bridgehead atoms. The standard InChI is InChI=1S/C22H30N4O2/c1-17-5-4-6-19(15-17)24-22(27)23-16-21(26-11-13-28-14-12-26)18-7-9-20(10-8-18)25(2)3/h4-10,15,21H,11-14,16H2,1-3H3,(H2,23,24,27). The molecular weight excluding hydrogens is 352 g/mol. The minimum atomic E-state index is -0.186. The predicted octanol–water partition coefficient (Wildman–Crippen LogP) is 3.26. The molecule has 0 spiro atoms. The van der Waals surface area contributed by atoms with Crippen LogP contribution in [0.15, 0.2) is 48.5 Å². The Labute approximate surface area is 167 Å². The fourth-order valence-electron chi connectivity index (χ4n) is 3.43. The molecule has 0 saturated carbocycles. The van der Waals surface area contributed by atoms with Gasteiger partial charge >= 0.3 is 6.03 Å². The Kier molecular flexibility index (Phi) is 6.90. The highest BCUT2D eigenvalue weighted by atomic mass is 16.5. The molecule has 1 fully saturated rings. The van der Waals surface area contributed by atoms with Crippen LogP contribution in [0, 0.1) is 6.92 Å². The molecular formula is C22H30N4O2. The van der Waals surface area contributed by atoms with E-state index in [2.05, 4.69) is 44.7 Å². The van der Waals surface area contributed by atoms with E-state index in [1.54, 1.807) is 0 Å². The van der Waals surface area contributed by atoms with Crippen LogP contribution in [-0.2, 0) is 4.74 Å². The summed E-state index contributed by atoms with van der Waals surface area (Å²) in [5.74, 6) is 0. The molecule has 28 heavy (non-hydrogen) atoms. The number of carbonyl (C=O) groups excluding carboxylic acids is 1. The smallest absolute Gasteiger partial charge is 0.319 e. The fraction of sp³-hybridized carbons (Fsp3) is 0.409. The lowest BCUT2D eigenvalue weighted by Gasteiger charge is -2.35. The van der Waals surface area contributed by atoms with Crippen LogP contribution in [0.5, 0.6) is 0 Å². The highest BCUT2D eigenvalue weighted by Gasteiger charge is 2.23. The van der Waals surface area contributed by atoms with Crippen molar-refractivity contribution in [3.63, 3.8) is 0 Å². The van der Waals surface area contributed by atoms with Crippen molar-refractivity contribution in [1.29, 1.82) is 0 Å². The largest absolute Gasteiger partial charge is 0.379 e. The summed E-state index contributed by atoms with van der Waals surface area (Å²) < 4.78 is 5.50. The summed E-state index contributed by atoms with van der Waals surface area (Å²) in [6.45, 7) is 5.72. The highest BCUT2D eigenvalue weighted by Crippen LogP contribution is 2.24. The summed E-state index contributed by atoms with van der Waals surface area (Å²) in [5, 5.41) is 5.96. The van der Waals surface area contributed by atoms with Gasteiger partial charge in [-0.05, 0) is 42.3 Å². The van der Waals surface area contributed by atoms with Gasteiger partial charge in [-0.15, -0.1) is 0 Å². The van der Waals surface area contributed by atoms with Crippen molar-refractivity contribution in [1.82, 2.24) is 10.2 Å². The van der Waals surface area contributed by atoms with Crippen LogP contribution >= 0.6 is 0 Å². The average molecular weight is 383 g/mol. The van der Waals surface area contributed by atoms with Crippen molar-refractivity contribution in [2.24, 2.45) is 0 Å². The number of hydrogen-bond acceptors (Lipinski definition) is 4. The zero-order chi connectivity index (χ0) is 19.9. The molecule has 3 rings (SSSR count). The Hall–Kier alpha value is -2.57. The maximum absolute atomic E-state index is 12.4. The van der Waals surface area contributed by atoms with Crippen LogP contribution in [0.3, 0.4) is 0 Å². The second-order valence-electron chi connectivity index (χ2n) is 7.35. The second kappa shape index (κ2) is 9.57. The molecule has 2 amide bonds. The number of anilines is 2. The number of carbonyl (C=O) groups is 1. The number of nitrogens with zero attached hydrogens (tertiary/aromatic N) is 2. The van der Waals surface area contributed by atoms with E-state index in [9.17, 15) is 4.79 Å². The first kappa shape index (κ1) is 20.2. The number of benzene rings is 2. The second-order valence-corrected chi connectivity index (χ2v) is 7.35. The third-order valence-electron chi connectivity index (χ3n) is 5.01. The van der Waals surface area contributed by atoms with E-state index in [-0.39, 0.29) is 12.1 Å². The lowest BCUT2D eigenvalue weighted by Crippen LogP contribution is -2.44. The van der Waals surface area contributed by atoms with Gasteiger partial charge in [0.2, 0.25) is 0 Å². The molecule has 2 N–H and O–H groups in total. The fourth-order valence-corrected chi connectivity index (χ4v) is 3.43. The van der Waals surface area contributed by atoms with Crippen LogP contribution in [0.2, 0.25) is 0 Å². The van der Waals surface area contributed by atoms with E-state index in [1.165, 1.54) is 5.56 Å². The van der Waals surface area contributed by atoms with Gasteiger partial charge in [0.25, 0.3) is 0 Å². The van der Waals surface area contributed by atoms with Crippen LogP contribution in [0.25, 0.3) is 0 Å². The van der Waals surface area contributed by atoms with Crippen LogP contribution < -0.4 is 15.5 Å². The quantitative estimate of drug-likeness (QED) is 0.805. The van der Waals surface area contributed by atoms with Crippen LogP contribution in [-0.4, -0.2) is 57.9 Å². The molecule has 2 aromatic carbocycles. The monoisotopic (exact) mass is 382 g/mol. The number of urea groups is 1. The summed E-state index contributed by atoms with van der Waals surface area (Å²) in [7, 11) is 4.07. The molecule has 2 aromatic rings. The normalized spacial score (nSPS) is 15.7. The molecule has 1 unspecified atom stereocenters. The summed E-state index contributed by atoms with van der Waals surface area (Å²) in [6, 6.07) is 16.3. The summed E-state index contributed by atoms with van der Waals surface area (Å²) in [6.07, 6.45) is 0. The van der Waals surface area contributed by atoms with Gasteiger partial charge in [-0.25, -0.2) is 4.79 Å². The van der Waals surface area contributed by atoms with Crippen LogP contribution in [0.4, 0.5) is 16.2 Å². The molecule has 150 valence electrons. The molecule has 1 heterocycles. The van der Waals surface area contributed by atoms with E-state index >= 15 is 0 Å². The maximum Gasteiger partial charge on any atom is 0.319 e. The van der Waals surface area contributed by atoms with E-state index in [4.69, 9.17) is 4.74 Å². The number of aryl methyl sites for hydroxylation is 1. The molecule has 1 saturated heterocycles. The Bertz CT molecular complexity index is 770. The number of nitrogens with one attached hydrogen (secondary N) is 2. The van der Waals surface area contributed by atoms with Gasteiger partial charge in [-0.3, -0.25) is 4.90 Å². The van der Waals surface area contributed by atoms with Crippen molar-refractivity contribution < 1.29 is 9.53 Å². The molecule has 6 nitrogen and oxygen atoms in total. The van der Waals surface area contributed by atoms with Gasteiger partial charge in [-0.1, -0.05) is 24.3 Å². The first-order valence-electron chi connectivity index (χ1n) is 9.73. The van der Waals surface area contributed by atoms with Crippen molar-refractivity contribution in [3.05, 3.63) is 59.7 Å². The lowest BCUT2D eigenvalue weighted by atomic mass is 10.0. The first-order chi connectivity index (χ1) is 13.5. The van der Waals surface area contributed by atoms with Gasteiger partial charge in [0.1, 0.15) is 0 Å². The molecule has 1 aliphatic heterocycles. The van der Waals surface area contributed by atoms with Crippen molar-refractivity contribution in [2.75, 3.05) is 57.2 Å². The van der Waals surface area contributed by atoms with Gasteiger partial charge in [0, 0.05) is 45.1 Å². The molecule has 0 aliphatic carbocycles. The molecule has 0 aromatic heterocycles. The maximum atomic E-state index is 12.4. The number of ether oxygens (including phenoxy) is 1. The SMILES string of the molecule is Cc1cccc(NC(=O)NCC(c2ccc(N(C)C)cc2)N2CCOCC2)c1. The van der Waals surface area contributed by atoms with Crippen molar-refractivity contribution >= 4 is 17.4 Å². The third kappa shape index (κ3) is 5.47. The van der Waals surface area contributed by atoms with Gasteiger partial charge in [0.05, 0.1) is 19.3 Å². The summed E-state index contributed by atoms with van der Waals surface area (Å²) in [4.78, 5) is 16.9. The minimum absolute atomic E-state index is 0.114. The minimum Gasteiger partial charge on any atom is -0.379 e. The number of hydrogen-bond donors (Lipinski definition) is 2. The molecule has 6 heteroatoms. The zero-order valence-electron chi connectivity index (χ0n) is 16.9. The molecule has 1 aliphatic rings. The van der Waals surface area contributed by atoms with E-state index in [0.717, 1.165) is 43.2 Å². The number of morpholine rings is 1. The summed E-state index contributed by atoms with van der Waals surface area (Å²) in [5.41, 5.74) is 4.28. The highest BCUT2D eigenvalue weighted by molar-refractivity contribution is 5.89. The molecule has 1 atom stereocenters. The average Bonchev–Trinajstić information content (AvgIpc) is 2.69. The van der Waals surface area contributed by atoms with Crippen LogP contribution in [0.1, 0.15) is 17.2 Å². The lowest BCUT2D eigenvalue weighted by molar-refractivity contribution is 0.0168. The van der Waals surface area contributed by atoms with Gasteiger partial charge in [0.15, 0.2) is 0 Å². The molecule has 0 radical (unpaired) electrons. The Morgan fingerprint density at radius 3 is 2.50 bits per heavy atom. The van der Waals surface area contributed by atoms with E-state index < -0.39 is 0 Å². The van der Waals surface area contributed by atoms with Crippen molar-refractivity contribution in [3.8, 4) is 0 Å². The van der Waals surface area contributed by atoms with Gasteiger partial charge in [-0.2, -0.15) is 0 Å². The summed E-state index contributed by atoms with van der Waals surface area (Å²) >= 11 is 0. The van der Waals surface area contributed by atoms with E-state index in [0.29, 0.717) is 6.54 Å². The Balaban J connectivity index is 1.67. The topological polar surface area (TPSA) is 56.8 Å². The van der Waals surface area contributed by atoms with Crippen molar-refractivity contribution in [2.45, 2.75) is 13.0 Å². The van der Waals surface area contributed by atoms with E-state index in [1.807, 2.05) is 45.3 Å². The third-order valence-corrected chi connectivity index (χ3v) is 5.01. The Morgan fingerprint density at radius 1 is 1.14 bits per heavy atom. The predicted molar refractivity (Wildman–Crippen MR) is 114 cm³/mol. The Morgan fingerprint density at radius 2 is 1.86 bits per heavy atom. The van der Waals surface area contributed by atoms with Gasteiger partial charge < -0.3 is 20.3 Å². The number of rotatable bonds is 6. The zero-order valence-corrected chi connectivity index (χ0v) is 16.9.